The maximum Gasteiger partial charge on any atom is 0.340 e. The van der Waals surface area contributed by atoms with Crippen LogP contribution in [0.5, 0.6) is 0 Å². The molecule has 0 aliphatic carbocycles. The summed E-state index contributed by atoms with van der Waals surface area (Å²) >= 11 is 0. The second-order valence-electron chi connectivity index (χ2n) is 6.56. The molecule has 0 unspecified atom stereocenters. The van der Waals surface area contributed by atoms with E-state index in [2.05, 4.69) is 15.6 Å². The lowest BCUT2D eigenvalue weighted by Gasteiger charge is -2.11. The summed E-state index contributed by atoms with van der Waals surface area (Å²) in [5.74, 6) is -1.31. The van der Waals surface area contributed by atoms with Gasteiger partial charge in [0.2, 0.25) is 0 Å². The highest BCUT2D eigenvalue weighted by Gasteiger charge is 2.16. The molecule has 0 radical (unpaired) electrons. The molecule has 1 aromatic carbocycles. The van der Waals surface area contributed by atoms with Gasteiger partial charge in [0.15, 0.2) is 0 Å². The summed E-state index contributed by atoms with van der Waals surface area (Å²) in [6.45, 7) is 3.32. The van der Waals surface area contributed by atoms with Crippen molar-refractivity contribution in [2.24, 2.45) is 0 Å². The number of anilines is 1. The van der Waals surface area contributed by atoms with Crippen molar-refractivity contribution in [1.29, 1.82) is 0 Å². The van der Waals surface area contributed by atoms with Crippen molar-refractivity contribution in [3.63, 3.8) is 0 Å². The molecule has 29 heavy (non-hydrogen) atoms. The molecule has 2 N–H and O–H groups in total. The summed E-state index contributed by atoms with van der Waals surface area (Å²) in [7, 11) is 3.93. The number of hydrogen-bond acceptors (Lipinski definition) is 6. The minimum Gasteiger partial charge on any atom is -0.462 e. The van der Waals surface area contributed by atoms with E-state index in [4.69, 9.17) is 4.74 Å². The van der Waals surface area contributed by atoms with Crippen LogP contribution in [-0.2, 0) is 4.74 Å². The molecule has 0 saturated heterocycles. The second-order valence-corrected chi connectivity index (χ2v) is 6.56. The van der Waals surface area contributed by atoms with Crippen molar-refractivity contribution >= 4 is 23.5 Å². The van der Waals surface area contributed by atoms with Crippen molar-refractivity contribution in [3.8, 4) is 0 Å². The molecule has 8 nitrogen and oxygen atoms in total. The second kappa shape index (κ2) is 10.9. The lowest BCUT2D eigenvalue weighted by atomic mass is 10.1. The van der Waals surface area contributed by atoms with E-state index < -0.39 is 11.9 Å². The van der Waals surface area contributed by atoms with Crippen LogP contribution in [-0.4, -0.2) is 61.5 Å². The van der Waals surface area contributed by atoms with E-state index in [1.165, 1.54) is 18.3 Å². The zero-order valence-electron chi connectivity index (χ0n) is 16.9. The summed E-state index contributed by atoms with van der Waals surface area (Å²) in [5, 5.41) is 5.48. The predicted octanol–water partition coefficient (Wildman–Crippen LogP) is 2.19. The van der Waals surface area contributed by atoms with Crippen LogP contribution in [0, 0.1) is 0 Å². The van der Waals surface area contributed by atoms with Gasteiger partial charge < -0.3 is 20.3 Å². The average molecular weight is 398 g/mol. The summed E-state index contributed by atoms with van der Waals surface area (Å²) in [4.78, 5) is 43.0. The van der Waals surface area contributed by atoms with E-state index in [1.54, 1.807) is 31.2 Å². The monoisotopic (exact) mass is 398 g/mol. The Kier molecular flexibility index (Phi) is 8.29. The molecule has 1 heterocycles. The minimum absolute atomic E-state index is 0.154. The summed E-state index contributed by atoms with van der Waals surface area (Å²) in [6.07, 6.45) is 2.21. The molecule has 2 rings (SSSR count). The lowest BCUT2D eigenvalue weighted by molar-refractivity contribution is 0.0527. The third kappa shape index (κ3) is 6.69. The van der Waals surface area contributed by atoms with Crippen LogP contribution in [0.15, 0.2) is 42.6 Å². The normalized spacial score (nSPS) is 10.5. The van der Waals surface area contributed by atoms with Gasteiger partial charge in [0.25, 0.3) is 11.8 Å². The summed E-state index contributed by atoms with van der Waals surface area (Å²) < 4.78 is 5.01. The van der Waals surface area contributed by atoms with Gasteiger partial charge in [0, 0.05) is 18.3 Å². The van der Waals surface area contributed by atoms with Crippen LogP contribution < -0.4 is 10.6 Å². The average Bonchev–Trinajstić information content (AvgIpc) is 2.71. The summed E-state index contributed by atoms with van der Waals surface area (Å²) in [6, 6.07) is 9.51. The van der Waals surface area contributed by atoms with Crippen molar-refractivity contribution in [3.05, 3.63) is 59.4 Å². The minimum atomic E-state index is -0.518. The van der Waals surface area contributed by atoms with Crippen molar-refractivity contribution < 1.29 is 19.1 Å². The molecule has 0 bridgehead atoms. The Morgan fingerprint density at radius 3 is 2.59 bits per heavy atom. The maximum absolute atomic E-state index is 12.6. The van der Waals surface area contributed by atoms with Crippen LogP contribution in [0.3, 0.4) is 0 Å². The largest absolute Gasteiger partial charge is 0.462 e. The Balaban J connectivity index is 2.06. The van der Waals surface area contributed by atoms with E-state index in [0.717, 1.165) is 13.0 Å². The molecule has 2 amide bonds. The van der Waals surface area contributed by atoms with Gasteiger partial charge >= 0.3 is 5.97 Å². The number of carbonyl (C=O) groups excluding carboxylic acids is 3. The fourth-order valence-corrected chi connectivity index (χ4v) is 2.56. The summed E-state index contributed by atoms with van der Waals surface area (Å²) in [5.41, 5.74) is 1.01. The zero-order chi connectivity index (χ0) is 21.2. The molecule has 0 saturated carbocycles. The number of rotatable bonds is 9. The van der Waals surface area contributed by atoms with Crippen LogP contribution in [0.4, 0.5) is 5.69 Å². The molecule has 0 aliphatic rings. The van der Waals surface area contributed by atoms with Gasteiger partial charge in [-0.25, -0.2) is 4.79 Å². The van der Waals surface area contributed by atoms with Gasteiger partial charge in [0.05, 0.1) is 17.9 Å². The number of nitrogens with zero attached hydrogens (tertiary/aromatic N) is 2. The topological polar surface area (TPSA) is 101 Å². The van der Waals surface area contributed by atoms with Gasteiger partial charge in [0.1, 0.15) is 5.69 Å². The highest BCUT2D eigenvalue weighted by atomic mass is 16.5. The molecular weight excluding hydrogens is 372 g/mol. The standard InChI is InChI=1S/C21H26N4O4/c1-4-29-21(28)16-8-5-6-9-17(16)24-19(26)15-10-12-22-18(14-15)20(27)23-11-7-13-25(2)3/h5-6,8-10,12,14H,4,7,11,13H2,1-3H3,(H,23,27)(H,24,26). The Bertz CT molecular complexity index is 867. The number of nitrogens with one attached hydrogen (secondary N) is 2. The number of carbonyl (C=O) groups is 3. The van der Waals surface area contributed by atoms with Crippen molar-refractivity contribution in [1.82, 2.24) is 15.2 Å². The van der Waals surface area contributed by atoms with E-state index in [1.807, 2.05) is 19.0 Å². The van der Waals surface area contributed by atoms with Crippen LogP contribution in [0.25, 0.3) is 0 Å². The highest BCUT2D eigenvalue weighted by Crippen LogP contribution is 2.17. The molecule has 1 aromatic heterocycles. The number of para-hydroxylation sites is 1. The number of pyridine rings is 1. The number of esters is 1. The van der Waals surface area contributed by atoms with E-state index in [-0.39, 0.29) is 29.3 Å². The zero-order valence-corrected chi connectivity index (χ0v) is 16.9. The third-order valence-electron chi connectivity index (χ3n) is 3.99. The van der Waals surface area contributed by atoms with Crippen molar-refractivity contribution in [2.45, 2.75) is 13.3 Å². The molecule has 0 atom stereocenters. The van der Waals surface area contributed by atoms with Crippen LogP contribution in [0.2, 0.25) is 0 Å². The highest BCUT2D eigenvalue weighted by molar-refractivity contribution is 6.08. The van der Waals surface area contributed by atoms with Gasteiger partial charge in [-0.2, -0.15) is 0 Å². The first-order chi connectivity index (χ1) is 13.9. The Hall–Kier alpha value is -3.26. The number of amides is 2. The first-order valence-corrected chi connectivity index (χ1v) is 9.39. The van der Waals surface area contributed by atoms with Gasteiger partial charge in [-0.05, 0) is 58.3 Å². The Morgan fingerprint density at radius 1 is 1.10 bits per heavy atom. The first-order valence-electron chi connectivity index (χ1n) is 9.39. The van der Waals surface area contributed by atoms with E-state index >= 15 is 0 Å². The fraction of sp³-hybridized carbons (Fsp3) is 0.333. The molecule has 2 aromatic rings. The molecule has 0 fully saturated rings. The van der Waals surface area contributed by atoms with Gasteiger partial charge in [-0.1, -0.05) is 12.1 Å². The first kappa shape index (κ1) is 22.0. The maximum atomic E-state index is 12.6. The number of ether oxygens (including phenoxy) is 1. The molecule has 154 valence electrons. The number of aromatic nitrogens is 1. The Morgan fingerprint density at radius 2 is 1.86 bits per heavy atom. The Labute approximate surface area is 170 Å². The quantitative estimate of drug-likeness (QED) is 0.496. The molecular formula is C21H26N4O4. The van der Waals surface area contributed by atoms with Crippen LogP contribution in [0.1, 0.15) is 44.5 Å². The van der Waals surface area contributed by atoms with E-state index in [9.17, 15) is 14.4 Å². The number of benzene rings is 1. The van der Waals surface area contributed by atoms with Crippen LogP contribution >= 0.6 is 0 Å². The van der Waals surface area contributed by atoms with Gasteiger partial charge in [-0.15, -0.1) is 0 Å². The third-order valence-corrected chi connectivity index (χ3v) is 3.99. The molecule has 0 aliphatic heterocycles. The lowest BCUT2D eigenvalue weighted by Crippen LogP contribution is -2.28. The predicted molar refractivity (Wildman–Crippen MR) is 110 cm³/mol. The fourth-order valence-electron chi connectivity index (χ4n) is 2.56. The van der Waals surface area contributed by atoms with E-state index in [0.29, 0.717) is 12.2 Å². The number of hydrogen-bond donors (Lipinski definition) is 2. The molecule has 0 spiro atoms. The van der Waals surface area contributed by atoms with Gasteiger partial charge in [-0.3, -0.25) is 14.6 Å². The SMILES string of the molecule is CCOC(=O)c1ccccc1NC(=O)c1ccnc(C(=O)NCCCN(C)C)c1. The van der Waals surface area contributed by atoms with Crippen molar-refractivity contribution in [2.75, 3.05) is 39.1 Å². The molecule has 8 heteroatoms. The smallest absolute Gasteiger partial charge is 0.340 e.